The Balaban J connectivity index is 2.69. The van der Waals surface area contributed by atoms with Crippen molar-refractivity contribution in [1.29, 1.82) is 0 Å². The van der Waals surface area contributed by atoms with E-state index in [1.54, 1.807) is 0 Å². The van der Waals surface area contributed by atoms with Gasteiger partial charge in [0.15, 0.2) is 9.84 Å². The van der Waals surface area contributed by atoms with Gasteiger partial charge in [-0.3, -0.25) is 0 Å². The SMILES string of the molecule is CCCS(=O)(=O)CCOc1c(C)cc(CCN)cc1C. The Bertz CT molecular complexity index is 515. The van der Waals surface area contributed by atoms with Crippen molar-refractivity contribution in [2.75, 3.05) is 24.7 Å². The Kier molecular flexibility index (Phi) is 6.49. The Morgan fingerprint density at radius 2 is 1.75 bits per heavy atom. The molecule has 0 unspecified atom stereocenters. The van der Waals surface area contributed by atoms with Crippen molar-refractivity contribution in [3.8, 4) is 5.75 Å². The minimum atomic E-state index is -2.99. The third-order valence-electron chi connectivity index (χ3n) is 3.11. The molecule has 0 heterocycles. The molecule has 0 aliphatic heterocycles. The van der Waals surface area contributed by atoms with Gasteiger partial charge in [0.25, 0.3) is 0 Å². The van der Waals surface area contributed by atoms with E-state index >= 15 is 0 Å². The minimum absolute atomic E-state index is 0.0737. The maximum Gasteiger partial charge on any atom is 0.153 e. The minimum Gasteiger partial charge on any atom is -0.492 e. The lowest BCUT2D eigenvalue weighted by atomic mass is 10.0. The van der Waals surface area contributed by atoms with E-state index in [1.807, 2.05) is 20.8 Å². The zero-order valence-electron chi connectivity index (χ0n) is 12.6. The van der Waals surface area contributed by atoms with Gasteiger partial charge in [-0.05, 0) is 49.9 Å². The quantitative estimate of drug-likeness (QED) is 0.797. The monoisotopic (exact) mass is 299 g/mol. The third-order valence-corrected chi connectivity index (χ3v) is 4.93. The predicted molar refractivity (Wildman–Crippen MR) is 83.1 cm³/mol. The summed E-state index contributed by atoms with van der Waals surface area (Å²) >= 11 is 0. The topological polar surface area (TPSA) is 69.4 Å². The number of rotatable bonds is 8. The molecule has 0 bridgehead atoms. The summed E-state index contributed by atoms with van der Waals surface area (Å²) in [7, 11) is -2.99. The second kappa shape index (κ2) is 7.64. The number of nitrogens with two attached hydrogens (primary N) is 1. The molecule has 0 fully saturated rings. The molecule has 0 amide bonds. The largest absolute Gasteiger partial charge is 0.492 e. The van der Waals surface area contributed by atoms with E-state index in [0.29, 0.717) is 13.0 Å². The predicted octanol–water partition coefficient (Wildman–Crippen LogP) is 2.01. The van der Waals surface area contributed by atoms with Crippen molar-refractivity contribution in [1.82, 2.24) is 0 Å². The van der Waals surface area contributed by atoms with Gasteiger partial charge in [-0.15, -0.1) is 0 Å². The number of sulfone groups is 1. The van der Waals surface area contributed by atoms with Crippen LogP contribution >= 0.6 is 0 Å². The molecule has 2 N–H and O–H groups in total. The maximum absolute atomic E-state index is 11.6. The molecule has 0 atom stereocenters. The van der Waals surface area contributed by atoms with Gasteiger partial charge >= 0.3 is 0 Å². The van der Waals surface area contributed by atoms with Crippen molar-refractivity contribution < 1.29 is 13.2 Å². The molecule has 0 aliphatic carbocycles. The fourth-order valence-corrected chi connectivity index (χ4v) is 3.43. The molecule has 1 aromatic rings. The highest BCUT2D eigenvalue weighted by atomic mass is 32.2. The second-order valence-electron chi connectivity index (χ2n) is 5.10. The first-order chi connectivity index (χ1) is 9.39. The molecule has 0 aromatic heterocycles. The number of hydrogen-bond donors (Lipinski definition) is 1. The zero-order valence-corrected chi connectivity index (χ0v) is 13.4. The van der Waals surface area contributed by atoms with Crippen LogP contribution in [-0.2, 0) is 16.3 Å². The molecule has 5 heteroatoms. The highest BCUT2D eigenvalue weighted by molar-refractivity contribution is 7.91. The lowest BCUT2D eigenvalue weighted by molar-refractivity contribution is 0.336. The van der Waals surface area contributed by atoms with Crippen LogP contribution in [0.3, 0.4) is 0 Å². The molecular weight excluding hydrogens is 274 g/mol. The summed E-state index contributed by atoms with van der Waals surface area (Å²) in [6, 6.07) is 4.10. The van der Waals surface area contributed by atoms with Crippen molar-refractivity contribution >= 4 is 9.84 Å². The third kappa shape index (κ3) is 5.13. The Morgan fingerprint density at radius 3 is 2.25 bits per heavy atom. The van der Waals surface area contributed by atoms with E-state index in [-0.39, 0.29) is 18.1 Å². The second-order valence-corrected chi connectivity index (χ2v) is 7.40. The molecular formula is C15H25NO3S. The van der Waals surface area contributed by atoms with E-state index in [0.717, 1.165) is 23.3 Å². The molecule has 0 aliphatic rings. The summed E-state index contributed by atoms with van der Waals surface area (Å²) in [5.74, 6) is 1.09. The molecule has 0 spiro atoms. The number of hydrogen-bond acceptors (Lipinski definition) is 4. The van der Waals surface area contributed by atoms with Gasteiger partial charge in [-0.1, -0.05) is 19.1 Å². The Labute approximate surface area is 122 Å². The van der Waals surface area contributed by atoms with Gasteiger partial charge in [-0.25, -0.2) is 8.42 Å². The van der Waals surface area contributed by atoms with E-state index in [4.69, 9.17) is 10.5 Å². The zero-order chi connectivity index (χ0) is 15.2. The van der Waals surface area contributed by atoms with Crippen LogP contribution in [-0.4, -0.2) is 33.1 Å². The Morgan fingerprint density at radius 1 is 1.15 bits per heavy atom. The van der Waals surface area contributed by atoms with Crippen molar-refractivity contribution in [2.45, 2.75) is 33.6 Å². The van der Waals surface area contributed by atoms with Crippen LogP contribution in [0, 0.1) is 13.8 Å². The van der Waals surface area contributed by atoms with E-state index < -0.39 is 9.84 Å². The van der Waals surface area contributed by atoms with Crippen LogP contribution in [0.2, 0.25) is 0 Å². The van der Waals surface area contributed by atoms with Gasteiger partial charge in [-0.2, -0.15) is 0 Å². The van der Waals surface area contributed by atoms with Gasteiger partial charge in [0.2, 0.25) is 0 Å². The summed E-state index contributed by atoms with van der Waals surface area (Å²) in [5, 5.41) is 0. The number of benzene rings is 1. The van der Waals surface area contributed by atoms with Crippen molar-refractivity contribution in [3.63, 3.8) is 0 Å². The highest BCUT2D eigenvalue weighted by Gasteiger charge is 2.11. The summed E-state index contributed by atoms with van der Waals surface area (Å²) in [4.78, 5) is 0. The first-order valence-corrected chi connectivity index (χ1v) is 8.85. The number of aryl methyl sites for hydroxylation is 2. The highest BCUT2D eigenvalue weighted by Crippen LogP contribution is 2.25. The van der Waals surface area contributed by atoms with E-state index in [2.05, 4.69) is 12.1 Å². The van der Waals surface area contributed by atoms with Gasteiger partial charge < -0.3 is 10.5 Å². The van der Waals surface area contributed by atoms with Crippen LogP contribution in [0.4, 0.5) is 0 Å². The van der Waals surface area contributed by atoms with E-state index in [9.17, 15) is 8.42 Å². The lowest BCUT2D eigenvalue weighted by Crippen LogP contribution is -2.17. The molecule has 4 nitrogen and oxygen atoms in total. The average Bonchev–Trinajstić information content (AvgIpc) is 2.33. The molecule has 20 heavy (non-hydrogen) atoms. The summed E-state index contributed by atoms with van der Waals surface area (Å²) < 4.78 is 28.9. The molecule has 0 saturated heterocycles. The van der Waals surface area contributed by atoms with Gasteiger partial charge in [0.05, 0.1) is 11.5 Å². The fourth-order valence-electron chi connectivity index (χ4n) is 2.26. The smallest absolute Gasteiger partial charge is 0.153 e. The summed E-state index contributed by atoms with van der Waals surface area (Å²) in [6.07, 6.45) is 1.49. The van der Waals surface area contributed by atoms with Gasteiger partial charge in [0.1, 0.15) is 12.4 Å². The van der Waals surface area contributed by atoms with E-state index in [1.165, 1.54) is 5.56 Å². The van der Waals surface area contributed by atoms with Crippen LogP contribution in [0.5, 0.6) is 5.75 Å². The molecule has 0 saturated carbocycles. The molecule has 114 valence electrons. The molecule has 1 aromatic carbocycles. The van der Waals surface area contributed by atoms with Crippen LogP contribution in [0.25, 0.3) is 0 Å². The maximum atomic E-state index is 11.6. The fraction of sp³-hybridized carbons (Fsp3) is 0.600. The first-order valence-electron chi connectivity index (χ1n) is 7.03. The van der Waals surface area contributed by atoms with Crippen LogP contribution in [0.15, 0.2) is 12.1 Å². The van der Waals surface area contributed by atoms with Crippen molar-refractivity contribution in [3.05, 3.63) is 28.8 Å². The number of ether oxygens (including phenoxy) is 1. The lowest BCUT2D eigenvalue weighted by Gasteiger charge is -2.14. The van der Waals surface area contributed by atoms with Gasteiger partial charge in [0, 0.05) is 0 Å². The summed E-state index contributed by atoms with van der Waals surface area (Å²) in [6.45, 7) is 6.64. The Hall–Kier alpha value is -1.07. The standard InChI is InChI=1S/C15H25NO3S/c1-4-8-20(17,18)9-7-19-15-12(2)10-14(5-6-16)11-13(15)3/h10-11H,4-9,16H2,1-3H3. The normalized spacial score (nSPS) is 11.6. The molecule has 0 radical (unpaired) electrons. The summed E-state index contributed by atoms with van der Waals surface area (Å²) in [5.41, 5.74) is 8.80. The van der Waals surface area contributed by atoms with Crippen LogP contribution < -0.4 is 10.5 Å². The molecule has 1 rings (SSSR count). The van der Waals surface area contributed by atoms with Crippen LogP contribution in [0.1, 0.15) is 30.0 Å². The first kappa shape index (κ1) is 17.0. The van der Waals surface area contributed by atoms with Crippen molar-refractivity contribution in [2.24, 2.45) is 5.73 Å². The average molecular weight is 299 g/mol.